The van der Waals surface area contributed by atoms with Gasteiger partial charge in [-0.2, -0.15) is 23.2 Å². The Hall–Kier alpha value is -3.39. The van der Waals surface area contributed by atoms with Gasteiger partial charge in [0.25, 0.3) is 0 Å². The topological polar surface area (TPSA) is 82.4 Å². The van der Waals surface area contributed by atoms with Crippen LogP contribution in [0.2, 0.25) is 0 Å². The van der Waals surface area contributed by atoms with Crippen LogP contribution >= 0.6 is 0 Å². The first-order valence-electron chi connectivity index (χ1n) is 11.8. The molecule has 0 aromatic heterocycles. The summed E-state index contributed by atoms with van der Waals surface area (Å²) < 4.78 is 72.2. The van der Waals surface area contributed by atoms with Crippen LogP contribution < -0.4 is 9.46 Å². The molecule has 194 valence electrons. The predicted molar refractivity (Wildman–Crippen MR) is 133 cm³/mol. The molecule has 4 rings (SSSR count). The second-order valence-electron chi connectivity index (χ2n) is 8.75. The molecule has 1 unspecified atom stereocenters. The third-order valence-corrected chi connectivity index (χ3v) is 7.68. The Morgan fingerprint density at radius 2 is 1.59 bits per heavy atom. The minimum atomic E-state index is -4.52. The number of nitriles is 1. The Kier molecular flexibility index (Phi) is 8.17. The van der Waals surface area contributed by atoms with Crippen molar-refractivity contribution in [3.8, 4) is 22.9 Å². The Morgan fingerprint density at radius 3 is 2.19 bits per heavy atom. The third kappa shape index (κ3) is 6.89. The average molecular weight is 530 g/mol. The lowest BCUT2D eigenvalue weighted by molar-refractivity contribution is -0.137. The van der Waals surface area contributed by atoms with Crippen LogP contribution in [0.5, 0.6) is 5.75 Å². The maximum atomic E-state index is 12.8. The molecule has 1 aliphatic heterocycles. The number of nitrogens with one attached hydrogen (secondary N) is 1. The van der Waals surface area contributed by atoms with Crippen molar-refractivity contribution in [1.82, 2.24) is 9.62 Å². The van der Waals surface area contributed by atoms with Crippen molar-refractivity contribution >= 4 is 10.0 Å². The molecule has 1 fully saturated rings. The standard InChI is InChI=1S/C27H26F3N3O3S/c28-27(29,30)23-10-14-25(15-11-23)37(34,35)32-26-3-1-16-33(26)17-2-18-36-24-12-8-22(9-13-24)21-6-4-20(19-31)5-7-21/h4-15,26,32H,1-3,16-18H2. The number of alkyl halides is 3. The lowest BCUT2D eigenvalue weighted by atomic mass is 10.0. The first-order valence-corrected chi connectivity index (χ1v) is 13.3. The predicted octanol–water partition coefficient (Wildman–Crippen LogP) is 5.41. The van der Waals surface area contributed by atoms with Gasteiger partial charge in [-0.1, -0.05) is 24.3 Å². The smallest absolute Gasteiger partial charge is 0.416 e. The Labute approximate surface area is 214 Å². The fourth-order valence-corrected chi connectivity index (χ4v) is 5.49. The van der Waals surface area contributed by atoms with Crippen LogP contribution in [0.3, 0.4) is 0 Å². The zero-order chi connectivity index (χ0) is 26.5. The summed E-state index contributed by atoms with van der Waals surface area (Å²) in [5.41, 5.74) is 1.73. The summed E-state index contributed by atoms with van der Waals surface area (Å²) in [5.74, 6) is 0.721. The molecule has 3 aromatic carbocycles. The summed E-state index contributed by atoms with van der Waals surface area (Å²) in [5, 5.41) is 8.92. The van der Waals surface area contributed by atoms with E-state index in [4.69, 9.17) is 10.00 Å². The highest BCUT2D eigenvalue weighted by atomic mass is 32.2. The minimum Gasteiger partial charge on any atom is -0.494 e. The van der Waals surface area contributed by atoms with Gasteiger partial charge in [-0.25, -0.2) is 8.42 Å². The molecule has 0 saturated carbocycles. The molecule has 0 radical (unpaired) electrons. The van der Waals surface area contributed by atoms with Crippen LogP contribution in [-0.2, 0) is 16.2 Å². The highest BCUT2D eigenvalue weighted by Gasteiger charge is 2.32. The Balaban J connectivity index is 1.26. The summed E-state index contributed by atoms with van der Waals surface area (Å²) in [6.07, 6.45) is -2.82. The highest BCUT2D eigenvalue weighted by molar-refractivity contribution is 7.89. The Bertz CT molecular complexity index is 1340. The first kappa shape index (κ1) is 26.7. The van der Waals surface area contributed by atoms with Crippen LogP contribution in [0.25, 0.3) is 11.1 Å². The van der Waals surface area contributed by atoms with Crippen molar-refractivity contribution < 1.29 is 26.3 Å². The fourth-order valence-electron chi connectivity index (χ4n) is 4.24. The first-order chi connectivity index (χ1) is 17.7. The lowest BCUT2D eigenvalue weighted by Gasteiger charge is -2.25. The number of hydrogen-bond donors (Lipinski definition) is 1. The average Bonchev–Trinajstić information content (AvgIpc) is 3.32. The molecule has 0 bridgehead atoms. The molecule has 1 aliphatic rings. The Morgan fingerprint density at radius 1 is 0.973 bits per heavy atom. The van der Waals surface area contributed by atoms with E-state index in [0.717, 1.165) is 54.1 Å². The van der Waals surface area contributed by atoms with Gasteiger partial charge in [-0.15, -0.1) is 0 Å². The van der Waals surface area contributed by atoms with Crippen LogP contribution in [-0.4, -0.2) is 39.2 Å². The monoisotopic (exact) mass is 529 g/mol. The molecular formula is C27H26F3N3O3S. The van der Waals surface area contributed by atoms with E-state index < -0.39 is 27.9 Å². The number of ether oxygens (including phenoxy) is 1. The van der Waals surface area contributed by atoms with E-state index in [2.05, 4.69) is 10.8 Å². The van der Waals surface area contributed by atoms with Crippen molar-refractivity contribution in [3.05, 3.63) is 83.9 Å². The number of benzene rings is 3. The minimum absolute atomic E-state index is 0.194. The number of sulfonamides is 1. The van der Waals surface area contributed by atoms with E-state index in [1.807, 2.05) is 41.3 Å². The van der Waals surface area contributed by atoms with E-state index in [1.165, 1.54) is 0 Å². The summed E-state index contributed by atoms with van der Waals surface area (Å²) in [4.78, 5) is 1.82. The second kappa shape index (κ2) is 11.3. The van der Waals surface area contributed by atoms with Crippen LogP contribution in [0.4, 0.5) is 13.2 Å². The highest BCUT2D eigenvalue weighted by Crippen LogP contribution is 2.30. The number of halogens is 3. The fraction of sp³-hybridized carbons (Fsp3) is 0.296. The molecule has 37 heavy (non-hydrogen) atoms. The van der Waals surface area contributed by atoms with Gasteiger partial charge in [0, 0.05) is 6.54 Å². The molecule has 0 aliphatic carbocycles. The maximum absolute atomic E-state index is 12.8. The summed E-state index contributed by atoms with van der Waals surface area (Å²) in [7, 11) is -3.95. The van der Waals surface area contributed by atoms with Gasteiger partial charge in [-0.05, 0) is 85.5 Å². The van der Waals surface area contributed by atoms with E-state index in [1.54, 1.807) is 12.1 Å². The molecule has 3 aromatic rings. The van der Waals surface area contributed by atoms with Gasteiger partial charge >= 0.3 is 6.18 Å². The largest absolute Gasteiger partial charge is 0.494 e. The number of nitrogens with zero attached hydrogens (tertiary/aromatic N) is 2. The second-order valence-corrected chi connectivity index (χ2v) is 10.5. The maximum Gasteiger partial charge on any atom is 0.416 e. The van der Waals surface area contributed by atoms with Crippen molar-refractivity contribution in [2.75, 3.05) is 19.7 Å². The van der Waals surface area contributed by atoms with Gasteiger partial charge in [0.15, 0.2) is 0 Å². The summed E-state index contributed by atoms with van der Waals surface area (Å²) in [6.45, 7) is 1.79. The van der Waals surface area contributed by atoms with Gasteiger partial charge in [-0.3, -0.25) is 4.90 Å². The van der Waals surface area contributed by atoms with E-state index in [-0.39, 0.29) is 4.90 Å². The SMILES string of the molecule is N#Cc1ccc(-c2ccc(OCCCN3CCCC3NS(=O)(=O)c3ccc(C(F)(F)F)cc3)cc2)cc1. The molecule has 1 heterocycles. The summed E-state index contributed by atoms with van der Waals surface area (Å²) >= 11 is 0. The van der Waals surface area contributed by atoms with Gasteiger partial charge in [0.2, 0.25) is 10.0 Å². The number of likely N-dealkylation sites (tertiary alicyclic amines) is 1. The summed E-state index contributed by atoms with van der Waals surface area (Å²) in [6, 6.07) is 20.6. The molecule has 0 spiro atoms. The molecule has 6 nitrogen and oxygen atoms in total. The van der Waals surface area contributed by atoms with Crippen LogP contribution in [0.1, 0.15) is 30.4 Å². The lowest BCUT2D eigenvalue weighted by Crippen LogP contribution is -2.44. The number of rotatable bonds is 9. The van der Waals surface area contributed by atoms with Crippen LogP contribution in [0, 0.1) is 11.3 Å². The van der Waals surface area contributed by atoms with Crippen LogP contribution in [0.15, 0.2) is 77.7 Å². The van der Waals surface area contributed by atoms with E-state index in [9.17, 15) is 21.6 Å². The van der Waals surface area contributed by atoms with E-state index >= 15 is 0 Å². The number of hydrogen-bond acceptors (Lipinski definition) is 5. The molecular weight excluding hydrogens is 503 g/mol. The normalized spacial score (nSPS) is 16.4. The molecule has 0 amide bonds. The third-order valence-electron chi connectivity index (χ3n) is 6.21. The molecule has 1 N–H and O–H groups in total. The zero-order valence-corrected chi connectivity index (χ0v) is 20.7. The van der Waals surface area contributed by atoms with Gasteiger partial charge < -0.3 is 4.74 Å². The quantitative estimate of drug-likeness (QED) is 0.375. The van der Waals surface area contributed by atoms with Gasteiger partial charge in [0.1, 0.15) is 5.75 Å². The molecule has 1 atom stereocenters. The molecule has 1 saturated heterocycles. The van der Waals surface area contributed by atoms with Gasteiger partial charge in [0.05, 0.1) is 34.9 Å². The zero-order valence-electron chi connectivity index (χ0n) is 19.9. The molecule has 10 heteroatoms. The van der Waals surface area contributed by atoms with Crippen molar-refractivity contribution in [2.24, 2.45) is 0 Å². The van der Waals surface area contributed by atoms with Crippen molar-refractivity contribution in [2.45, 2.75) is 36.5 Å². The van der Waals surface area contributed by atoms with Crippen molar-refractivity contribution in [3.63, 3.8) is 0 Å². The van der Waals surface area contributed by atoms with E-state index in [0.29, 0.717) is 31.6 Å². The van der Waals surface area contributed by atoms with Crippen molar-refractivity contribution in [1.29, 1.82) is 5.26 Å².